The van der Waals surface area contributed by atoms with E-state index in [0.717, 1.165) is 16.8 Å². The predicted molar refractivity (Wildman–Crippen MR) is 133 cm³/mol. The molecular weight excluding hydrogens is 473 g/mol. The number of nitrogens with zero attached hydrogens (tertiary/aromatic N) is 4. The second-order valence-electron chi connectivity index (χ2n) is 7.86. The van der Waals surface area contributed by atoms with Gasteiger partial charge in [0.05, 0.1) is 22.1 Å². The molecule has 34 heavy (non-hydrogen) atoms. The van der Waals surface area contributed by atoms with Crippen LogP contribution in [0.5, 0.6) is 11.5 Å². The largest absolute Gasteiger partial charge is 0.465 e. The number of para-hydroxylation sites is 1. The first kappa shape index (κ1) is 22.0. The summed E-state index contributed by atoms with van der Waals surface area (Å²) < 4.78 is 5.96. The number of hydrogen-bond acceptors (Lipinski definition) is 5. The number of anilines is 2. The number of ether oxygens (including phenoxy) is 1. The lowest BCUT2D eigenvalue weighted by Crippen LogP contribution is -2.24. The molecule has 1 atom stereocenters. The number of nitrogen functional groups attached to an aromatic ring is 1. The van der Waals surface area contributed by atoms with Gasteiger partial charge in [-0.15, -0.1) is 0 Å². The van der Waals surface area contributed by atoms with E-state index in [1.54, 1.807) is 35.2 Å². The minimum Gasteiger partial charge on any atom is -0.465 e. The van der Waals surface area contributed by atoms with E-state index in [-0.39, 0.29) is 23.3 Å². The molecule has 3 aromatic carbocycles. The molecule has 7 nitrogen and oxygen atoms in total. The van der Waals surface area contributed by atoms with Crippen molar-refractivity contribution < 1.29 is 9.53 Å². The van der Waals surface area contributed by atoms with Crippen molar-refractivity contribution in [1.82, 2.24) is 9.97 Å². The van der Waals surface area contributed by atoms with Gasteiger partial charge in [0.1, 0.15) is 17.9 Å². The van der Waals surface area contributed by atoms with Gasteiger partial charge in [-0.3, -0.25) is 4.79 Å². The summed E-state index contributed by atoms with van der Waals surface area (Å²) in [5, 5.41) is 1.40. The Bertz CT molecular complexity index is 1480. The molecule has 1 saturated heterocycles. The van der Waals surface area contributed by atoms with E-state index in [2.05, 4.69) is 14.8 Å². The minimum absolute atomic E-state index is 0.00131. The number of rotatable bonds is 4. The van der Waals surface area contributed by atoms with E-state index < -0.39 is 0 Å². The quantitative estimate of drug-likeness (QED) is 0.336. The molecule has 2 heterocycles. The molecule has 1 aromatic heterocycles. The Hall–Kier alpha value is -3.86. The third-order valence-electron chi connectivity index (χ3n) is 5.79. The maximum atomic E-state index is 12.9. The Morgan fingerprint density at radius 1 is 1.09 bits per heavy atom. The first-order valence-electron chi connectivity index (χ1n) is 10.4. The summed E-state index contributed by atoms with van der Waals surface area (Å²) in [5.41, 5.74) is 8.64. The van der Waals surface area contributed by atoms with Gasteiger partial charge in [0, 0.05) is 30.0 Å². The number of benzene rings is 3. The van der Waals surface area contributed by atoms with Gasteiger partial charge in [0.15, 0.2) is 5.75 Å². The van der Waals surface area contributed by atoms with E-state index >= 15 is 0 Å². The highest BCUT2D eigenvalue weighted by atomic mass is 35.5. The van der Waals surface area contributed by atoms with Crippen LogP contribution in [-0.2, 0) is 4.79 Å². The van der Waals surface area contributed by atoms with Crippen molar-refractivity contribution >= 4 is 57.2 Å². The van der Waals surface area contributed by atoms with Gasteiger partial charge in [0.25, 0.3) is 0 Å². The fourth-order valence-corrected chi connectivity index (χ4v) is 4.43. The topological polar surface area (TPSA) is 85.7 Å². The highest BCUT2D eigenvalue weighted by molar-refractivity contribution is 6.33. The first-order chi connectivity index (χ1) is 16.4. The molecule has 2 N–H and O–H groups in total. The molecule has 0 spiro atoms. The molecule has 1 aliphatic rings. The Kier molecular flexibility index (Phi) is 5.70. The Morgan fingerprint density at radius 3 is 2.76 bits per heavy atom. The van der Waals surface area contributed by atoms with Gasteiger partial charge in [-0.25, -0.2) is 14.8 Å². The lowest BCUT2D eigenvalue weighted by Gasteiger charge is -2.18. The van der Waals surface area contributed by atoms with Crippen molar-refractivity contribution in [3.63, 3.8) is 0 Å². The maximum Gasteiger partial charge on any atom is 0.230 e. The summed E-state index contributed by atoms with van der Waals surface area (Å²) in [6.07, 6.45) is 1.75. The molecule has 0 radical (unpaired) electrons. The Balaban J connectivity index is 1.43. The molecule has 0 saturated carbocycles. The van der Waals surface area contributed by atoms with Gasteiger partial charge in [-0.1, -0.05) is 41.4 Å². The molecule has 168 valence electrons. The SMILES string of the molecule is [C-]#[N+]c1cccc(Cl)c1Oc1cc([C@H]2CC(=O)N(c3ccc4ncnc(N)c4c3)C2)ccc1Cl. The molecule has 0 bridgehead atoms. The summed E-state index contributed by atoms with van der Waals surface area (Å²) in [5.74, 6) is 0.919. The van der Waals surface area contributed by atoms with Crippen molar-refractivity contribution in [3.05, 3.63) is 88.0 Å². The van der Waals surface area contributed by atoms with Crippen LogP contribution in [0.4, 0.5) is 17.2 Å². The molecule has 1 amide bonds. The van der Waals surface area contributed by atoms with Gasteiger partial charge >= 0.3 is 0 Å². The molecule has 9 heteroatoms. The number of carbonyl (C=O) groups is 1. The summed E-state index contributed by atoms with van der Waals surface area (Å²) in [6.45, 7) is 7.85. The van der Waals surface area contributed by atoms with Crippen molar-refractivity contribution in [3.8, 4) is 11.5 Å². The molecule has 0 aliphatic carbocycles. The van der Waals surface area contributed by atoms with Crippen LogP contribution in [0.3, 0.4) is 0 Å². The average Bonchev–Trinajstić information content (AvgIpc) is 3.23. The van der Waals surface area contributed by atoms with Crippen LogP contribution < -0.4 is 15.4 Å². The fourth-order valence-electron chi connectivity index (χ4n) is 4.06. The van der Waals surface area contributed by atoms with E-state index in [9.17, 15) is 4.79 Å². The van der Waals surface area contributed by atoms with Crippen LogP contribution >= 0.6 is 23.2 Å². The number of amides is 1. The third kappa shape index (κ3) is 3.98. The summed E-state index contributed by atoms with van der Waals surface area (Å²) in [4.78, 5) is 26.4. The van der Waals surface area contributed by atoms with Gasteiger partial charge in [0.2, 0.25) is 11.6 Å². The van der Waals surface area contributed by atoms with E-state index in [0.29, 0.717) is 40.0 Å². The Labute approximate surface area is 205 Å². The third-order valence-corrected chi connectivity index (χ3v) is 6.40. The molecular formula is C25H17Cl2N5O2. The second kappa shape index (κ2) is 8.82. The predicted octanol–water partition coefficient (Wildman–Crippen LogP) is 6.38. The van der Waals surface area contributed by atoms with Gasteiger partial charge < -0.3 is 15.4 Å². The van der Waals surface area contributed by atoms with Crippen molar-refractivity contribution in [2.75, 3.05) is 17.2 Å². The zero-order valence-electron chi connectivity index (χ0n) is 17.7. The van der Waals surface area contributed by atoms with Crippen LogP contribution in [-0.4, -0.2) is 22.4 Å². The zero-order valence-corrected chi connectivity index (χ0v) is 19.2. The highest BCUT2D eigenvalue weighted by Gasteiger charge is 2.32. The van der Waals surface area contributed by atoms with E-state index in [4.69, 9.17) is 40.2 Å². The van der Waals surface area contributed by atoms with E-state index in [1.807, 2.05) is 24.3 Å². The van der Waals surface area contributed by atoms with Crippen molar-refractivity contribution in [2.24, 2.45) is 0 Å². The lowest BCUT2D eigenvalue weighted by atomic mass is 9.98. The van der Waals surface area contributed by atoms with Gasteiger partial charge in [-0.05, 0) is 42.0 Å². The van der Waals surface area contributed by atoms with Crippen LogP contribution in [0.15, 0.2) is 60.9 Å². The summed E-state index contributed by atoms with van der Waals surface area (Å²) >= 11 is 12.6. The molecule has 0 unspecified atom stereocenters. The normalized spacial score (nSPS) is 15.5. The molecule has 1 fully saturated rings. The second-order valence-corrected chi connectivity index (χ2v) is 8.67. The number of halogens is 2. The summed E-state index contributed by atoms with van der Waals surface area (Å²) in [6, 6.07) is 15.9. The highest BCUT2D eigenvalue weighted by Crippen LogP contribution is 2.42. The van der Waals surface area contributed by atoms with E-state index in [1.165, 1.54) is 6.33 Å². The molecule has 4 aromatic rings. The summed E-state index contributed by atoms with van der Waals surface area (Å²) in [7, 11) is 0. The number of fused-ring (bicyclic) bond motifs is 1. The Morgan fingerprint density at radius 2 is 1.94 bits per heavy atom. The number of aromatic nitrogens is 2. The maximum absolute atomic E-state index is 12.9. The molecule has 5 rings (SSSR count). The van der Waals surface area contributed by atoms with Gasteiger partial charge in [-0.2, -0.15) is 0 Å². The number of nitrogens with two attached hydrogens (primary N) is 1. The first-order valence-corrected chi connectivity index (χ1v) is 11.1. The average molecular weight is 490 g/mol. The van der Waals surface area contributed by atoms with Crippen LogP contribution in [0.1, 0.15) is 17.9 Å². The molecule has 1 aliphatic heterocycles. The minimum atomic E-state index is -0.0706. The monoisotopic (exact) mass is 489 g/mol. The smallest absolute Gasteiger partial charge is 0.230 e. The van der Waals surface area contributed by atoms with Crippen LogP contribution in [0, 0.1) is 6.57 Å². The van der Waals surface area contributed by atoms with Crippen molar-refractivity contribution in [2.45, 2.75) is 12.3 Å². The number of carbonyl (C=O) groups excluding carboxylic acids is 1. The van der Waals surface area contributed by atoms with Crippen molar-refractivity contribution in [1.29, 1.82) is 0 Å². The fraction of sp³-hybridized carbons (Fsp3) is 0.120. The van der Waals surface area contributed by atoms with Crippen LogP contribution in [0.25, 0.3) is 15.7 Å². The van der Waals surface area contributed by atoms with Crippen LogP contribution in [0.2, 0.25) is 10.0 Å². The standard InChI is InChI=1S/C25H17Cl2N5O2/c1-29-21-4-2-3-19(27)24(21)34-22-9-14(5-7-18(22)26)15-10-23(33)32(12-15)16-6-8-20-17(11-16)25(28)31-13-30-20/h2-9,11,13,15H,10,12H2,(H2,28,30,31)/t15-/m0/s1. The number of hydrogen-bond donors (Lipinski definition) is 1. The zero-order chi connectivity index (χ0) is 23.8. The lowest BCUT2D eigenvalue weighted by molar-refractivity contribution is -0.117.